The van der Waals surface area contributed by atoms with Crippen LogP contribution in [-0.4, -0.2) is 29.5 Å². The van der Waals surface area contributed by atoms with Crippen LogP contribution in [0.5, 0.6) is 11.5 Å². The molecule has 0 saturated carbocycles. The summed E-state index contributed by atoms with van der Waals surface area (Å²) >= 11 is 6.07. The molecule has 0 bridgehead atoms. The fourth-order valence-electron chi connectivity index (χ4n) is 2.54. The molecule has 7 heteroatoms. The zero-order valence-electron chi connectivity index (χ0n) is 14.2. The number of ether oxygens (including phenoxy) is 2. The number of hydrogen-bond acceptors (Lipinski definition) is 4. The molecule has 0 spiro atoms. The zero-order valence-corrected chi connectivity index (χ0v) is 14.9. The van der Waals surface area contributed by atoms with Crippen molar-refractivity contribution in [1.29, 1.82) is 0 Å². The largest absolute Gasteiger partial charge is 0.495 e. The van der Waals surface area contributed by atoms with Gasteiger partial charge in [0.1, 0.15) is 17.1 Å². The molecule has 0 aliphatic rings. The molecule has 0 atom stereocenters. The number of imidazole rings is 1. The molecule has 0 aliphatic heterocycles. The fraction of sp³-hybridized carbons (Fsp3) is 0.222. The molecule has 3 rings (SSSR count). The van der Waals surface area contributed by atoms with Crippen LogP contribution in [0.1, 0.15) is 11.3 Å². The Hall–Kier alpha value is -2.73. The molecule has 0 aliphatic carbocycles. The van der Waals surface area contributed by atoms with Crippen LogP contribution in [0.4, 0.5) is 5.69 Å². The van der Waals surface area contributed by atoms with Crippen LogP contribution in [0.25, 0.3) is 5.65 Å². The summed E-state index contributed by atoms with van der Waals surface area (Å²) in [5.41, 5.74) is 3.11. The number of carbonyl (C=O) groups is 1. The highest BCUT2D eigenvalue weighted by Crippen LogP contribution is 2.35. The predicted octanol–water partition coefficient (Wildman–Crippen LogP) is 3.49. The fourth-order valence-corrected chi connectivity index (χ4v) is 2.77. The molecule has 0 unspecified atom stereocenters. The Morgan fingerprint density at radius 2 is 2.00 bits per heavy atom. The number of pyridine rings is 1. The SMILES string of the molecule is COc1cc(NC(=O)Cc2cn3ccc(C)cc3n2)c(OC)cc1Cl. The van der Waals surface area contributed by atoms with Gasteiger partial charge in [-0.2, -0.15) is 0 Å². The number of hydrogen-bond donors (Lipinski definition) is 1. The molecule has 3 aromatic rings. The van der Waals surface area contributed by atoms with Gasteiger partial charge in [-0.25, -0.2) is 4.98 Å². The smallest absolute Gasteiger partial charge is 0.230 e. The summed E-state index contributed by atoms with van der Waals surface area (Å²) in [4.78, 5) is 16.9. The second-order valence-corrected chi connectivity index (χ2v) is 6.02. The van der Waals surface area contributed by atoms with Gasteiger partial charge in [0.05, 0.1) is 37.0 Å². The first-order valence-corrected chi connectivity index (χ1v) is 8.03. The zero-order chi connectivity index (χ0) is 18.0. The summed E-state index contributed by atoms with van der Waals surface area (Å²) in [6.07, 6.45) is 3.91. The van der Waals surface area contributed by atoms with Gasteiger partial charge in [0.15, 0.2) is 0 Å². The number of nitrogens with zero attached hydrogens (tertiary/aromatic N) is 2. The maximum atomic E-state index is 12.4. The Morgan fingerprint density at radius 1 is 1.24 bits per heavy atom. The topological polar surface area (TPSA) is 64.9 Å². The molecule has 2 aromatic heterocycles. The maximum Gasteiger partial charge on any atom is 0.230 e. The van der Waals surface area contributed by atoms with Crippen LogP contribution in [0, 0.1) is 6.92 Å². The molecule has 130 valence electrons. The minimum absolute atomic E-state index is 0.148. The van der Waals surface area contributed by atoms with Gasteiger partial charge in [-0.1, -0.05) is 11.6 Å². The number of halogens is 1. The van der Waals surface area contributed by atoms with E-state index in [-0.39, 0.29) is 12.3 Å². The average Bonchev–Trinajstić information content (AvgIpc) is 2.97. The first kappa shape index (κ1) is 17.1. The van der Waals surface area contributed by atoms with Gasteiger partial charge in [-0.15, -0.1) is 0 Å². The third-order valence-corrected chi connectivity index (χ3v) is 4.05. The Labute approximate surface area is 150 Å². The van der Waals surface area contributed by atoms with Crippen LogP contribution < -0.4 is 14.8 Å². The first-order valence-electron chi connectivity index (χ1n) is 7.65. The molecule has 1 N–H and O–H groups in total. The number of aryl methyl sites for hydroxylation is 1. The maximum absolute atomic E-state index is 12.4. The molecule has 0 saturated heterocycles. The quantitative estimate of drug-likeness (QED) is 0.757. The molecule has 0 fully saturated rings. The van der Waals surface area contributed by atoms with E-state index in [0.717, 1.165) is 11.2 Å². The van der Waals surface area contributed by atoms with Crippen molar-refractivity contribution >= 4 is 28.8 Å². The minimum atomic E-state index is -0.206. The van der Waals surface area contributed by atoms with E-state index in [9.17, 15) is 4.79 Å². The number of rotatable bonds is 5. The number of anilines is 1. The van der Waals surface area contributed by atoms with Gasteiger partial charge in [0.25, 0.3) is 0 Å². The highest BCUT2D eigenvalue weighted by atomic mass is 35.5. The number of aromatic nitrogens is 2. The normalized spacial score (nSPS) is 10.7. The number of nitrogens with one attached hydrogen (secondary N) is 1. The molecular weight excluding hydrogens is 342 g/mol. The predicted molar refractivity (Wildman–Crippen MR) is 96.8 cm³/mol. The van der Waals surface area contributed by atoms with Crippen LogP contribution in [0.3, 0.4) is 0 Å². The molecule has 1 amide bonds. The van der Waals surface area contributed by atoms with Crippen molar-refractivity contribution in [2.45, 2.75) is 13.3 Å². The van der Waals surface area contributed by atoms with Crippen molar-refractivity contribution in [3.8, 4) is 11.5 Å². The van der Waals surface area contributed by atoms with Gasteiger partial charge in [-0.3, -0.25) is 4.79 Å². The summed E-state index contributed by atoms with van der Waals surface area (Å²) in [5.74, 6) is 0.716. The highest BCUT2D eigenvalue weighted by molar-refractivity contribution is 6.32. The van der Waals surface area contributed by atoms with Crippen molar-refractivity contribution in [1.82, 2.24) is 9.38 Å². The summed E-state index contributed by atoms with van der Waals surface area (Å²) in [5, 5.41) is 3.23. The van der Waals surface area contributed by atoms with Gasteiger partial charge in [0, 0.05) is 24.5 Å². The molecular formula is C18H18ClN3O3. The summed E-state index contributed by atoms with van der Waals surface area (Å²) in [7, 11) is 3.02. The number of methoxy groups -OCH3 is 2. The Bertz CT molecular complexity index is 937. The second-order valence-electron chi connectivity index (χ2n) is 5.61. The minimum Gasteiger partial charge on any atom is -0.495 e. The number of benzene rings is 1. The first-order chi connectivity index (χ1) is 12.0. The van der Waals surface area contributed by atoms with E-state index < -0.39 is 0 Å². The Morgan fingerprint density at radius 3 is 2.72 bits per heavy atom. The van der Waals surface area contributed by atoms with Gasteiger partial charge in [-0.05, 0) is 24.6 Å². The van der Waals surface area contributed by atoms with Crippen molar-refractivity contribution in [3.05, 3.63) is 52.9 Å². The monoisotopic (exact) mass is 359 g/mol. The van der Waals surface area contributed by atoms with Crippen molar-refractivity contribution in [2.24, 2.45) is 0 Å². The van der Waals surface area contributed by atoms with Crippen LogP contribution in [-0.2, 0) is 11.2 Å². The van der Waals surface area contributed by atoms with Crippen LogP contribution in [0.2, 0.25) is 5.02 Å². The standard InChI is InChI=1S/C18H18ClN3O3/c1-11-4-5-22-10-12(20-17(22)6-11)7-18(23)21-14-9-15(24-2)13(19)8-16(14)25-3/h4-6,8-10H,7H2,1-3H3,(H,21,23). The lowest BCUT2D eigenvalue weighted by Gasteiger charge is -2.12. The van der Waals surface area contributed by atoms with Gasteiger partial charge in [0.2, 0.25) is 5.91 Å². The van der Waals surface area contributed by atoms with E-state index in [1.54, 1.807) is 12.1 Å². The van der Waals surface area contributed by atoms with E-state index >= 15 is 0 Å². The van der Waals surface area contributed by atoms with Gasteiger partial charge >= 0.3 is 0 Å². The summed E-state index contributed by atoms with van der Waals surface area (Å²) < 4.78 is 12.3. The molecule has 6 nitrogen and oxygen atoms in total. The van der Waals surface area contributed by atoms with Crippen LogP contribution >= 0.6 is 11.6 Å². The molecule has 25 heavy (non-hydrogen) atoms. The lowest BCUT2D eigenvalue weighted by molar-refractivity contribution is -0.115. The molecule has 0 radical (unpaired) electrons. The van der Waals surface area contributed by atoms with E-state index in [0.29, 0.717) is 27.9 Å². The average molecular weight is 360 g/mol. The number of amides is 1. The number of carbonyl (C=O) groups excluding carboxylic acids is 1. The van der Waals surface area contributed by atoms with E-state index in [1.165, 1.54) is 14.2 Å². The van der Waals surface area contributed by atoms with Gasteiger partial charge < -0.3 is 19.2 Å². The molecule has 1 aromatic carbocycles. The van der Waals surface area contributed by atoms with E-state index in [4.69, 9.17) is 21.1 Å². The third-order valence-electron chi connectivity index (χ3n) is 3.76. The molecule has 2 heterocycles. The summed E-state index contributed by atoms with van der Waals surface area (Å²) in [6, 6.07) is 7.19. The van der Waals surface area contributed by atoms with Crippen LogP contribution in [0.15, 0.2) is 36.7 Å². The highest BCUT2D eigenvalue weighted by Gasteiger charge is 2.14. The van der Waals surface area contributed by atoms with Crippen molar-refractivity contribution < 1.29 is 14.3 Å². The van der Waals surface area contributed by atoms with Crippen molar-refractivity contribution in [2.75, 3.05) is 19.5 Å². The Balaban J connectivity index is 1.79. The third kappa shape index (κ3) is 3.69. The lowest BCUT2D eigenvalue weighted by Crippen LogP contribution is -2.15. The van der Waals surface area contributed by atoms with E-state index in [2.05, 4.69) is 10.3 Å². The summed E-state index contributed by atoms with van der Waals surface area (Å²) in [6.45, 7) is 2.00. The van der Waals surface area contributed by atoms with Crippen molar-refractivity contribution in [3.63, 3.8) is 0 Å². The Kier molecular flexibility index (Phi) is 4.81. The second kappa shape index (κ2) is 7.03. The lowest BCUT2D eigenvalue weighted by atomic mass is 10.2. The number of fused-ring (bicyclic) bond motifs is 1. The van der Waals surface area contributed by atoms with E-state index in [1.807, 2.05) is 35.9 Å².